The second-order valence-electron chi connectivity index (χ2n) is 9.73. The lowest BCUT2D eigenvalue weighted by atomic mass is 9.44. The third kappa shape index (κ3) is 2.47. The highest BCUT2D eigenvalue weighted by atomic mass is 16.5. The molecule has 4 nitrogen and oxygen atoms in total. The van der Waals surface area contributed by atoms with Crippen molar-refractivity contribution < 1.29 is 19.7 Å². The van der Waals surface area contributed by atoms with Crippen molar-refractivity contribution in [2.24, 2.45) is 34.5 Å². The van der Waals surface area contributed by atoms with E-state index in [0.717, 1.165) is 32.1 Å². The Morgan fingerprint density at radius 1 is 1.12 bits per heavy atom. The number of aliphatic hydroxyl groups is 2. The van der Waals surface area contributed by atoms with E-state index < -0.39 is 6.10 Å². The summed E-state index contributed by atoms with van der Waals surface area (Å²) in [6.07, 6.45) is 5.26. The molecule has 4 saturated carbocycles. The zero-order valence-electron chi connectivity index (χ0n) is 15.9. The minimum absolute atomic E-state index is 0.00830. The molecule has 142 valence electrons. The minimum atomic E-state index is -0.404. The number of fused-ring (bicyclic) bond motifs is 5. The first-order chi connectivity index (χ1) is 11.8. The molecule has 0 radical (unpaired) electrons. The van der Waals surface area contributed by atoms with Gasteiger partial charge in [0, 0.05) is 18.4 Å². The number of Topliss-reactive ketones (excluding diaryl/α,β-unsaturated/α-hetero) is 1. The van der Waals surface area contributed by atoms with Crippen molar-refractivity contribution >= 4 is 5.78 Å². The maximum Gasteiger partial charge on any atom is 0.139 e. The fraction of sp³-hybridized carbons (Fsp3) is 0.952. The molecule has 0 bridgehead atoms. The number of hydrogen-bond donors (Lipinski definition) is 2. The molecular weight excluding hydrogens is 316 g/mol. The Hall–Kier alpha value is -0.450. The minimum Gasteiger partial charge on any atom is -0.393 e. The summed E-state index contributed by atoms with van der Waals surface area (Å²) in [5.41, 5.74) is -0.300. The monoisotopic (exact) mass is 350 g/mol. The molecule has 0 amide bonds. The summed E-state index contributed by atoms with van der Waals surface area (Å²) < 4.78 is 5.86. The second kappa shape index (κ2) is 6.03. The van der Waals surface area contributed by atoms with E-state index in [1.54, 1.807) is 0 Å². The van der Waals surface area contributed by atoms with Gasteiger partial charge in [0.15, 0.2) is 0 Å². The highest BCUT2D eigenvalue weighted by molar-refractivity contribution is 5.87. The van der Waals surface area contributed by atoms with Gasteiger partial charge in [-0.1, -0.05) is 13.8 Å². The molecule has 0 unspecified atom stereocenters. The Balaban J connectivity index is 1.66. The van der Waals surface area contributed by atoms with E-state index in [4.69, 9.17) is 4.74 Å². The van der Waals surface area contributed by atoms with Gasteiger partial charge < -0.3 is 14.9 Å². The summed E-state index contributed by atoms with van der Waals surface area (Å²) in [5, 5.41) is 21.7. The van der Waals surface area contributed by atoms with E-state index >= 15 is 0 Å². The van der Waals surface area contributed by atoms with Crippen LogP contribution < -0.4 is 0 Å². The van der Waals surface area contributed by atoms with Gasteiger partial charge >= 0.3 is 0 Å². The van der Waals surface area contributed by atoms with Crippen LogP contribution in [0.4, 0.5) is 0 Å². The summed E-state index contributed by atoms with van der Waals surface area (Å²) in [5.74, 6) is 1.94. The summed E-state index contributed by atoms with van der Waals surface area (Å²) in [4.78, 5) is 12.5. The first kappa shape index (κ1) is 17.9. The lowest BCUT2D eigenvalue weighted by Gasteiger charge is -2.62. The quantitative estimate of drug-likeness (QED) is 0.803. The van der Waals surface area contributed by atoms with Crippen LogP contribution in [0.2, 0.25) is 0 Å². The van der Waals surface area contributed by atoms with Crippen LogP contribution >= 0.6 is 0 Å². The fourth-order valence-electron chi connectivity index (χ4n) is 7.54. The molecule has 0 aliphatic heterocycles. The number of ether oxygens (including phenoxy) is 1. The number of ketones is 1. The summed E-state index contributed by atoms with van der Waals surface area (Å²) in [7, 11) is 0. The first-order valence-electron chi connectivity index (χ1n) is 10.3. The highest BCUT2D eigenvalue weighted by Gasteiger charge is 2.64. The van der Waals surface area contributed by atoms with Crippen molar-refractivity contribution in [1.82, 2.24) is 0 Å². The van der Waals surface area contributed by atoms with Crippen molar-refractivity contribution in [3.05, 3.63) is 0 Å². The van der Waals surface area contributed by atoms with E-state index in [1.165, 1.54) is 0 Å². The van der Waals surface area contributed by atoms with E-state index in [2.05, 4.69) is 13.8 Å². The molecule has 0 aromatic rings. The average molecular weight is 350 g/mol. The molecule has 0 heterocycles. The number of hydrogen-bond acceptors (Lipinski definition) is 4. The molecule has 0 saturated heterocycles. The van der Waals surface area contributed by atoms with Crippen LogP contribution in [0.25, 0.3) is 0 Å². The molecule has 0 aromatic carbocycles. The number of rotatable bonds is 2. The third-order valence-electron chi connectivity index (χ3n) is 8.68. The zero-order valence-corrected chi connectivity index (χ0v) is 15.9. The zero-order chi connectivity index (χ0) is 18.0. The van der Waals surface area contributed by atoms with E-state index in [-0.39, 0.29) is 29.0 Å². The lowest BCUT2D eigenvalue weighted by molar-refractivity contribution is -0.199. The van der Waals surface area contributed by atoms with Gasteiger partial charge in [-0.05, 0) is 74.5 Å². The van der Waals surface area contributed by atoms with Crippen molar-refractivity contribution in [2.45, 2.75) is 84.0 Å². The van der Waals surface area contributed by atoms with Crippen LogP contribution in [0.3, 0.4) is 0 Å². The van der Waals surface area contributed by atoms with Gasteiger partial charge in [-0.2, -0.15) is 0 Å². The van der Waals surface area contributed by atoms with Crippen LogP contribution in [0.1, 0.15) is 65.7 Å². The van der Waals surface area contributed by atoms with Crippen LogP contribution in [0.5, 0.6) is 0 Å². The summed E-state index contributed by atoms with van der Waals surface area (Å²) in [6.45, 7) is 7.04. The molecule has 2 N–H and O–H groups in total. The van der Waals surface area contributed by atoms with Crippen molar-refractivity contribution in [1.29, 1.82) is 0 Å². The first-order valence-corrected chi connectivity index (χ1v) is 10.3. The highest BCUT2D eigenvalue weighted by Crippen LogP contribution is 2.65. The van der Waals surface area contributed by atoms with Gasteiger partial charge in [0.05, 0.1) is 18.3 Å². The fourth-order valence-corrected chi connectivity index (χ4v) is 7.54. The molecule has 4 aliphatic rings. The normalized spacial score (nSPS) is 55.4. The van der Waals surface area contributed by atoms with Gasteiger partial charge in [0.25, 0.3) is 0 Å². The predicted molar refractivity (Wildman–Crippen MR) is 94.9 cm³/mol. The SMILES string of the molecule is CCO[C@H]1C[C@@]2(C)[C@@H](CC[C@@H]3[C@@H]2[C@@H](O)C[C@]2(C)C(=O)CC[C@@H]32)C[C@@H]1O. The molecule has 4 rings (SSSR count). The molecule has 4 fully saturated rings. The van der Waals surface area contributed by atoms with Crippen LogP contribution in [0, 0.1) is 34.5 Å². The second-order valence-corrected chi connectivity index (χ2v) is 9.73. The number of aliphatic hydroxyl groups excluding tert-OH is 2. The number of carbonyl (C=O) groups excluding carboxylic acids is 1. The summed E-state index contributed by atoms with van der Waals surface area (Å²) in [6, 6.07) is 0. The van der Waals surface area contributed by atoms with E-state index in [9.17, 15) is 15.0 Å². The Kier molecular flexibility index (Phi) is 4.33. The molecule has 0 spiro atoms. The molecule has 9 atom stereocenters. The molecule has 0 aromatic heterocycles. The van der Waals surface area contributed by atoms with Crippen LogP contribution in [-0.4, -0.2) is 40.9 Å². The largest absolute Gasteiger partial charge is 0.393 e. The van der Waals surface area contributed by atoms with Crippen LogP contribution in [0.15, 0.2) is 0 Å². The smallest absolute Gasteiger partial charge is 0.139 e. The van der Waals surface area contributed by atoms with Gasteiger partial charge in [0.2, 0.25) is 0 Å². The third-order valence-corrected chi connectivity index (χ3v) is 8.68. The van der Waals surface area contributed by atoms with Gasteiger partial charge in [-0.25, -0.2) is 0 Å². The van der Waals surface area contributed by atoms with Crippen molar-refractivity contribution in [3.63, 3.8) is 0 Å². The summed E-state index contributed by atoms with van der Waals surface area (Å²) >= 11 is 0. The lowest BCUT2D eigenvalue weighted by Crippen LogP contribution is -2.61. The molecule has 25 heavy (non-hydrogen) atoms. The Labute approximate surface area is 151 Å². The molecular formula is C21H34O4. The van der Waals surface area contributed by atoms with E-state index in [0.29, 0.717) is 43.0 Å². The Morgan fingerprint density at radius 3 is 2.60 bits per heavy atom. The average Bonchev–Trinajstić information content (AvgIpc) is 2.83. The van der Waals surface area contributed by atoms with Crippen LogP contribution in [-0.2, 0) is 9.53 Å². The molecule has 4 aliphatic carbocycles. The van der Waals surface area contributed by atoms with E-state index in [1.807, 2.05) is 6.92 Å². The van der Waals surface area contributed by atoms with Gasteiger partial charge in [-0.15, -0.1) is 0 Å². The number of carbonyl (C=O) groups is 1. The van der Waals surface area contributed by atoms with Gasteiger partial charge in [0.1, 0.15) is 5.78 Å². The predicted octanol–water partition coefficient (Wildman–Crippen LogP) is 2.94. The maximum absolute atomic E-state index is 12.5. The Bertz CT molecular complexity index is 548. The Morgan fingerprint density at radius 2 is 1.88 bits per heavy atom. The maximum atomic E-state index is 12.5. The standard InChI is InChI=1S/C21H34O4/c1-4-25-17-11-20(2)12(9-15(17)22)5-6-13-14-7-8-18(24)21(14,3)10-16(23)19(13)20/h12-17,19,22-23H,4-11H2,1-3H3/t12-,13-,14-,15-,16-,17-,19+,20-,21-/m0/s1. The van der Waals surface area contributed by atoms with Gasteiger partial charge in [-0.3, -0.25) is 4.79 Å². The molecule has 4 heteroatoms. The van der Waals surface area contributed by atoms with Crippen molar-refractivity contribution in [2.75, 3.05) is 6.61 Å². The topological polar surface area (TPSA) is 66.8 Å². The van der Waals surface area contributed by atoms with Crippen molar-refractivity contribution in [3.8, 4) is 0 Å².